The zero-order chi connectivity index (χ0) is 21.6. The molecule has 0 radical (unpaired) electrons. The van der Waals surface area contributed by atoms with E-state index in [1.54, 1.807) is 0 Å². The number of fused-ring (bicyclic) bond motifs is 1. The van der Waals surface area contributed by atoms with E-state index in [1.807, 2.05) is 60.1 Å². The van der Waals surface area contributed by atoms with Gasteiger partial charge in [0.2, 0.25) is 0 Å². The lowest BCUT2D eigenvalue weighted by atomic mass is 10.0. The smallest absolute Gasteiger partial charge is 0.251 e. The highest BCUT2D eigenvalue weighted by Gasteiger charge is 2.20. The number of unbranched alkanes of at least 4 members (excludes halogenated alkanes) is 1. The van der Waals surface area contributed by atoms with Crippen molar-refractivity contribution in [3.63, 3.8) is 0 Å². The molecule has 6 nitrogen and oxygen atoms in total. The van der Waals surface area contributed by atoms with Gasteiger partial charge in [0.05, 0.1) is 5.69 Å². The molecule has 0 bridgehead atoms. The van der Waals surface area contributed by atoms with E-state index in [1.165, 1.54) is 19.4 Å². The van der Waals surface area contributed by atoms with E-state index in [2.05, 4.69) is 22.1 Å². The average Bonchev–Trinajstić information content (AvgIpc) is 3.22. The highest BCUT2D eigenvalue weighted by Crippen LogP contribution is 2.17. The Morgan fingerprint density at radius 3 is 2.68 bits per heavy atom. The maximum Gasteiger partial charge on any atom is 0.251 e. The fraction of sp³-hybridized carbons (Fsp3) is 0.440. The summed E-state index contributed by atoms with van der Waals surface area (Å²) in [5.74, 6) is 0.726. The Hall–Kier alpha value is -2.86. The Labute approximate surface area is 184 Å². The summed E-state index contributed by atoms with van der Waals surface area (Å²) in [7, 11) is 0. The maximum absolute atomic E-state index is 12.6. The number of nitrogens with one attached hydrogen (secondary N) is 1. The van der Waals surface area contributed by atoms with Crippen molar-refractivity contribution in [2.24, 2.45) is 0 Å². The van der Waals surface area contributed by atoms with Gasteiger partial charge in [0.15, 0.2) is 0 Å². The SMILES string of the molecule is CCCCN1CCC(NC(=O)c2ccc(OCc3cn4cccc(C)c4n3)cc2)CC1. The predicted molar refractivity (Wildman–Crippen MR) is 123 cm³/mol. The molecule has 1 N–H and O–H groups in total. The summed E-state index contributed by atoms with van der Waals surface area (Å²) in [4.78, 5) is 19.7. The van der Waals surface area contributed by atoms with Crippen LogP contribution in [-0.4, -0.2) is 45.9 Å². The van der Waals surface area contributed by atoms with Crippen LogP contribution in [0.3, 0.4) is 0 Å². The van der Waals surface area contributed by atoms with Crippen molar-refractivity contribution in [1.29, 1.82) is 0 Å². The van der Waals surface area contributed by atoms with Crippen molar-refractivity contribution >= 4 is 11.6 Å². The monoisotopic (exact) mass is 420 g/mol. The Bertz CT molecular complexity index is 1000. The number of hydrogen-bond acceptors (Lipinski definition) is 4. The first-order valence-electron chi connectivity index (χ1n) is 11.3. The summed E-state index contributed by atoms with van der Waals surface area (Å²) in [6.07, 6.45) is 8.50. The maximum atomic E-state index is 12.6. The van der Waals surface area contributed by atoms with Gasteiger partial charge in [-0.05, 0) is 68.6 Å². The first kappa shape index (κ1) is 21.4. The standard InChI is InChI=1S/C25H32N4O2/c1-3-4-13-28-15-11-21(12-16-28)27-25(30)20-7-9-23(10-8-20)31-18-22-17-29-14-5-6-19(2)24(29)26-22/h5-10,14,17,21H,3-4,11-13,15-16,18H2,1-2H3,(H,27,30). The lowest BCUT2D eigenvalue weighted by molar-refractivity contribution is 0.0910. The van der Waals surface area contributed by atoms with Crippen LogP contribution in [0.25, 0.3) is 5.65 Å². The third kappa shape index (κ3) is 5.44. The van der Waals surface area contributed by atoms with Crippen molar-refractivity contribution in [3.05, 3.63) is 65.6 Å². The van der Waals surface area contributed by atoms with Crippen LogP contribution in [0.1, 0.15) is 54.2 Å². The van der Waals surface area contributed by atoms with Crippen LogP contribution in [0, 0.1) is 6.92 Å². The first-order chi connectivity index (χ1) is 15.1. The number of aryl methyl sites for hydroxylation is 1. The molecule has 1 fully saturated rings. The molecule has 0 saturated carbocycles. The summed E-state index contributed by atoms with van der Waals surface area (Å²) >= 11 is 0. The molecule has 0 aliphatic carbocycles. The number of rotatable bonds is 8. The van der Waals surface area contributed by atoms with Crippen molar-refractivity contribution in [1.82, 2.24) is 19.6 Å². The Morgan fingerprint density at radius 2 is 1.97 bits per heavy atom. The molecule has 2 aromatic heterocycles. The number of amides is 1. The molecule has 0 unspecified atom stereocenters. The van der Waals surface area contributed by atoms with Crippen LogP contribution < -0.4 is 10.1 Å². The number of benzene rings is 1. The van der Waals surface area contributed by atoms with Gasteiger partial charge in [-0.1, -0.05) is 19.4 Å². The molecule has 4 rings (SSSR count). The molecule has 31 heavy (non-hydrogen) atoms. The molecule has 3 aromatic rings. The molecule has 3 heterocycles. The summed E-state index contributed by atoms with van der Waals surface area (Å²) in [6.45, 7) is 7.98. The van der Waals surface area contributed by atoms with Crippen LogP contribution in [0.5, 0.6) is 5.75 Å². The van der Waals surface area contributed by atoms with Crippen molar-refractivity contribution in [3.8, 4) is 5.75 Å². The highest BCUT2D eigenvalue weighted by atomic mass is 16.5. The van der Waals surface area contributed by atoms with Gasteiger partial charge in [-0.25, -0.2) is 4.98 Å². The van der Waals surface area contributed by atoms with Gasteiger partial charge in [0.1, 0.15) is 18.0 Å². The second-order valence-electron chi connectivity index (χ2n) is 8.41. The number of pyridine rings is 1. The van der Waals surface area contributed by atoms with Crippen LogP contribution >= 0.6 is 0 Å². The number of imidazole rings is 1. The van der Waals surface area contributed by atoms with E-state index in [4.69, 9.17) is 4.74 Å². The van der Waals surface area contributed by atoms with Gasteiger partial charge in [-0.3, -0.25) is 4.79 Å². The number of hydrogen-bond donors (Lipinski definition) is 1. The molecule has 1 aliphatic heterocycles. The third-order valence-corrected chi connectivity index (χ3v) is 5.98. The third-order valence-electron chi connectivity index (χ3n) is 5.98. The van der Waals surface area contributed by atoms with E-state index in [0.29, 0.717) is 12.2 Å². The number of carbonyl (C=O) groups is 1. The van der Waals surface area contributed by atoms with E-state index >= 15 is 0 Å². The van der Waals surface area contributed by atoms with E-state index in [9.17, 15) is 4.79 Å². The predicted octanol–water partition coefficient (Wildman–Crippen LogP) is 4.22. The number of ether oxygens (including phenoxy) is 1. The number of carbonyl (C=O) groups excluding carboxylic acids is 1. The quantitative estimate of drug-likeness (QED) is 0.593. The van der Waals surface area contributed by atoms with Crippen LogP contribution in [-0.2, 0) is 6.61 Å². The number of piperidine rings is 1. The zero-order valence-corrected chi connectivity index (χ0v) is 18.5. The normalized spacial score (nSPS) is 15.3. The molecular weight excluding hydrogens is 388 g/mol. The Morgan fingerprint density at radius 1 is 1.19 bits per heavy atom. The van der Waals surface area contributed by atoms with Gasteiger partial charge in [0, 0.05) is 37.1 Å². The topological polar surface area (TPSA) is 58.9 Å². The minimum Gasteiger partial charge on any atom is -0.487 e. The molecule has 6 heteroatoms. The largest absolute Gasteiger partial charge is 0.487 e. The summed E-state index contributed by atoms with van der Waals surface area (Å²) in [5.41, 5.74) is 3.63. The van der Waals surface area contributed by atoms with Gasteiger partial charge in [-0.2, -0.15) is 0 Å². The first-order valence-corrected chi connectivity index (χ1v) is 11.3. The average molecular weight is 421 g/mol. The number of nitrogens with zero attached hydrogens (tertiary/aromatic N) is 3. The van der Waals surface area contributed by atoms with E-state index in [0.717, 1.165) is 48.6 Å². The molecule has 0 atom stereocenters. The van der Waals surface area contributed by atoms with Gasteiger partial charge in [0.25, 0.3) is 5.91 Å². The van der Waals surface area contributed by atoms with Gasteiger partial charge >= 0.3 is 0 Å². The van der Waals surface area contributed by atoms with Crippen molar-refractivity contribution < 1.29 is 9.53 Å². The highest BCUT2D eigenvalue weighted by molar-refractivity contribution is 5.94. The van der Waals surface area contributed by atoms with Crippen LogP contribution in [0.15, 0.2) is 48.8 Å². The zero-order valence-electron chi connectivity index (χ0n) is 18.5. The van der Waals surface area contributed by atoms with Gasteiger partial charge in [-0.15, -0.1) is 0 Å². The molecule has 1 aromatic carbocycles. The van der Waals surface area contributed by atoms with Crippen LogP contribution in [0.2, 0.25) is 0 Å². The molecule has 1 aliphatic rings. The van der Waals surface area contributed by atoms with Crippen molar-refractivity contribution in [2.75, 3.05) is 19.6 Å². The van der Waals surface area contributed by atoms with E-state index < -0.39 is 0 Å². The Kier molecular flexibility index (Phi) is 6.87. The lowest BCUT2D eigenvalue weighted by Crippen LogP contribution is -2.44. The molecule has 1 amide bonds. The minimum absolute atomic E-state index is 0.00520. The van der Waals surface area contributed by atoms with Gasteiger partial charge < -0.3 is 19.4 Å². The van der Waals surface area contributed by atoms with E-state index in [-0.39, 0.29) is 11.9 Å². The fourth-order valence-corrected chi connectivity index (χ4v) is 4.09. The fourth-order valence-electron chi connectivity index (χ4n) is 4.09. The molecular formula is C25H32N4O2. The molecule has 1 saturated heterocycles. The van der Waals surface area contributed by atoms with Crippen molar-refractivity contribution in [2.45, 2.75) is 52.2 Å². The number of aromatic nitrogens is 2. The van der Waals surface area contributed by atoms with Crippen LogP contribution in [0.4, 0.5) is 0 Å². The minimum atomic E-state index is -0.00520. The molecule has 164 valence electrons. The summed E-state index contributed by atoms with van der Waals surface area (Å²) < 4.78 is 7.89. The summed E-state index contributed by atoms with van der Waals surface area (Å²) in [6, 6.07) is 11.7. The molecule has 0 spiro atoms. The number of likely N-dealkylation sites (tertiary alicyclic amines) is 1. The summed E-state index contributed by atoms with van der Waals surface area (Å²) in [5, 5.41) is 3.19. The lowest BCUT2D eigenvalue weighted by Gasteiger charge is -2.32. The Balaban J connectivity index is 1.26. The second kappa shape index (κ2) is 9.96. The second-order valence-corrected chi connectivity index (χ2v) is 8.41.